The molecule has 4 aliphatic rings. The van der Waals surface area contributed by atoms with Gasteiger partial charge in [0.15, 0.2) is 0 Å². The Hall–Kier alpha value is -1.97. The van der Waals surface area contributed by atoms with Crippen LogP contribution in [0.3, 0.4) is 0 Å². The van der Waals surface area contributed by atoms with Crippen molar-refractivity contribution < 1.29 is 14.6 Å². The first-order valence-corrected chi connectivity index (χ1v) is 14.3. The fourth-order valence-corrected chi connectivity index (χ4v) is 9.44. The minimum atomic E-state index is -0.661. The van der Waals surface area contributed by atoms with Gasteiger partial charge in [0.1, 0.15) is 11.9 Å². The molecule has 4 aliphatic carbocycles. The lowest BCUT2D eigenvalue weighted by atomic mass is 9.42. The highest BCUT2D eigenvalue weighted by Crippen LogP contribution is 2.69. The monoisotopic (exact) mass is 493 g/mol. The number of pyridine rings is 1. The van der Waals surface area contributed by atoms with Crippen LogP contribution in [0.4, 0.5) is 5.82 Å². The second-order valence-electron chi connectivity index (χ2n) is 12.5. The number of fused-ring (bicyclic) bond motifs is 5. The van der Waals surface area contributed by atoms with Crippen LogP contribution in [-0.4, -0.2) is 34.8 Å². The molecule has 0 spiro atoms. The van der Waals surface area contributed by atoms with E-state index in [0.717, 1.165) is 38.5 Å². The quantitative estimate of drug-likeness (QED) is 0.529. The van der Waals surface area contributed by atoms with E-state index in [1.54, 1.807) is 12.1 Å². The summed E-state index contributed by atoms with van der Waals surface area (Å²) < 4.78 is 5.68. The van der Waals surface area contributed by atoms with Gasteiger partial charge in [-0.25, -0.2) is 4.98 Å². The molecule has 6 nitrogen and oxygen atoms in total. The molecule has 1 aromatic heterocycles. The van der Waals surface area contributed by atoms with Crippen LogP contribution in [0.15, 0.2) is 18.3 Å². The number of ether oxygens (including phenoxy) is 1. The van der Waals surface area contributed by atoms with Crippen LogP contribution in [0.1, 0.15) is 90.5 Å². The predicted octanol–water partition coefficient (Wildman–Crippen LogP) is 5.71. The van der Waals surface area contributed by atoms with Gasteiger partial charge in [-0.15, -0.1) is 0 Å². The predicted molar refractivity (Wildman–Crippen MR) is 139 cm³/mol. The van der Waals surface area contributed by atoms with Gasteiger partial charge >= 0.3 is 0 Å². The summed E-state index contributed by atoms with van der Waals surface area (Å²) >= 11 is 0. The van der Waals surface area contributed by atoms with Crippen LogP contribution in [0.25, 0.3) is 0 Å². The molecule has 1 heterocycles. The summed E-state index contributed by atoms with van der Waals surface area (Å²) in [7, 11) is 0. The van der Waals surface area contributed by atoms with Crippen molar-refractivity contribution in [2.75, 3.05) is 18.5 Å². The lowest BCUT2D eigenvalue weighted by molar-refractivity contribution is -0.173. The summed E-state index contributed by atoms with van der Waals surface area (Å²) in [6.07, 6.45) is 12.4. The largest absolute Gasteiger partial charge is 0.387 e. The second-order valence-corrected chi connectivity index (χ2v) is 12.5. The number of nitrogens with one attached hydrogen (secondary N) is 1. The van der Waals surface area contributed by atoms with E-state index in [9.17, 15) is 9.90 Å². The third kappa shape index (κ3) is 4.17. The van der Waals surface area contributed by atoms with E-state index in [1.165, 1.54) is 31.9 Å². The highest BCUT2D eigenvalue weighted by Gasteiger charge is 2.63. The Kier molecular flexibility index (Phi) is 6.93. The lowest BCUT2D eigenvalue weighted by Gasteiger charge is -2.63. The maximum absolute atomic E-state index is 13.4. The Morgan fingerprint density at radius 2 is 2.00 bits per heavy atom. The van der Waals surface area contributed by atoms with E-state index in [-0.39, 0.29) is 17.2 Å². The Morgan fingerprint density at radius 3 is 2.69 bits per heavy atom. The highest BCUT2D eigenvalue weighted by molar-refractivity contribution is 5.92. The molecule has 196 valence electrons. The standard InChI is InChI=1S/C30H43N3O3/c1-4-30-15-14-29(35,19-36-5-2)16-21(30)7-8-22-23-9-10-25(28(23,3)13-12-24(22)30)27(34)33-26-11-6-20(17-31)18-32-26/h6,11,18,21-25,35H,4-5,7-10,12-16,19H2,1-3H3,(H,32,33,34)/t21-,22-,23-,24-,25+,28-,29+,30-/m0/s1. The van der Waals surface area contributed by atoms with E-state index >= 15 is 0 Å². The molecule has 4 fully saturated rings. The molecule has 5 rings (SSSR count). The number of hydrogen-bond donors (Lipinski definition) is 2. The van der Waals surface area contributed by atoms with Crippen molar-refractivity contribution in [3.63, 3.8) is 0 Å². The van der Waals surface area contributed by atoms with Gasteiger partial charge in [-0.1, -0.05) is 13.8 Å². The maximum Gasteiger partial charge on any atom is 0.229 e. The molecule has 0 unspecified atom stereocenters. The van der Waals surface area contributed by atoms with Gasteiger partial charge in [0.2, 0.25) is 5.91 Å². The summed E-state index contributed by atoms with van der Waals surface area (Å²) in [5.74, 6) is 3.20. The molecule has 1 amide bonds. The summed E-state index contributed by atoms with van der Waals surface area (Å²) in [5.41, 5.74) is 0.198. The average molecular weight is 494 g/mol. The number of carbonyl (C=O) groups is 1. The molecule has 0 radical (unpaired) electrons. The minimum Gasteiger partial charge on any atom is -0.387 e. The number of amides is 1. The van der Waals surface area contributed by atoms with E-state index in [2.05, 4.69) is 30.2 Å². The van der Waals surface area contributed by atoms with E-state index < -0.39 is 5.60 Å². The number of aliphatic hydroxyl groups is 1. The molecule has 8 atom stereocenters. The van der Waals surface area contributed by atoms with Crippen LogP contribution in [0.2, 0.25) is 0 Å². The number of nitriles is 1. The number of rotatable bonds is 6. The molecule has 0 aliphatic heterocycles. The van der Waals surface area contributed by atoms with Gasteiger partial charge in [0.25, 0.3) is 0 Å². The third-order valence-corrected chi connectivity index (χ3v) is 11.2. The third-order valence-electron chi connectivity index (χ3n) is 11.2. The molecule has 36 heavy (non-hydrogen) atoms. The van der Waals surface area contributed by atoms with Crippen LogP contribution in [0.5, 0.6) is 0 Å². The SMILES string of the molecule is CCOC[C@@]1(O)CC[C@@]2(CC)[C@@H](CC[C@H]3[C@@H]4CC[C@H](C(=O)Nc5ccc(C#N)cn5)[C@@]4(C)CC[C@@H]32)C1. The summed E-state index contributed by atoms with van der Waals surface area (Å²) in [5, 5.41) is 23.4. The second kappa shape index (κ2) is 9.72. The van der Waals surface area contributed by atoms with Crippen molar-refractivity contribution in [1.29, 1.82) is 5.26 Å². The number of aromatic nitrogens is 1. The number of anilines is 1. The van der Waals surface area contributed by atoms with Crippen molar-refractivity contribution in [1.82, 2.24) is 4.98 Å². The first-order valence-electron chi connectivity index (χ1n) is 14.3. The normalized spacial score (nSPS) is 41.5. The molecular weight excluding hydrogens is 450 g/mol. The Labute approximate surface area is 216 Å². The molecule has 6 heteroatoms. The first kappa shape index (κ1) is 25.7. The smallest absolute Gasteiger partial charge is 0.229 e. The zero-order chi connectivity index (χ0) is 25.6. The minimum absolute atomic E-state index is 0.0128. The van der Waals surface area contributed by atoms with Crippen molar-refractivity contribution in [3.05, 3.63) is 23.9 Å². The summed E-state index contributed by atoms with van der Waals surface area (Å²) in [4.78, 5) is 17.7. The van der Waals surface area contributed by atoms with Crippen molar-refractivity contribution in [2.24, 2.45) is 40.4 Å². The van der Waals surface area contributed by atoms with Gasteiger partial charge in [0.05, 0.1) is 17.8 Å². The van der Waals surface area contributed by atoms with Gasteiger partial charge in [-0.05, 0) is 118 Å². The lowest BCUT2D eigenvalue weighted by Crippen LogP contribution is -2.58. The molecule has 0 aromatic carbocycles. The molecule has 1 aromatic rings. The number of carbonyl (C=O) groups excluding carboxylic acids is 1. The average Bonchev–Trinajstić information content (AvgIpc) is 3.25. The highest BCUT2D eigenvalue weighted by atomic mass is 16.5. The first-order chi connectivity index (χ1) is 17.3. The van der Waals surface area contributed by atoms with Gasteiger partial charge < -0.3 is 15.2 Å². The van der Waals surface area contributed by atoms with E-state index in [1.807, 2.05) is 6.92 Å². The van der Waals surface area contributed by atoms with Crippen LogP contribution in [-0.2, 0) is 9.53 Å². The van der Waals surface area contributed by atoms with Crippen LogP contribution in [0, 0.1) is 51.8 Å². The number of nitrogens with zero attached hydrogens (tertiary/aromatic N) is 2. The topological polar surface area (TPSA) is 95.2 Å². The number of hydrogen-bond acceptors (Lipinski definition) is 5. The van der Waals surface area contributed by atoms with Crippen LogP contribution >= 0.6 is 0 Å². The Morgan fingerprint density at radius 1 is 1.17 bits per heavy atom. The molecule has 4 saturated carbocycles. The summed E-state index contributed by atoms with van der Waals surface area (Å²) in [6, 6.07) is 5.51. The van der Waals surface area contributed by atoms with Gasteiger partial charge in [0, 0.05) is 18.7 Å². The fourth-order valence-electron chi connectivity index (χ4n) is 9.44. The van der Waals surface area contributed by atoms with Gasteiger partial charge in [-0.3, -0.25) is 4.79 Å². The molecular formula is C30H43N3O3. The Balaban J connectivity index is 1.31. The van der Waals surface area contributed by atoms with Crippen molar-refractivity contribution >= 4 is 11.7 Å². The van der Waals surface area contributed by atoms with Crippen molar-refractivity contribution in [3.8, 4) is 6.07 Å². The van der Waals surface area contributed by atoms with Gasteiger partial charge in [-0.2, -0.15) is 5.26 Å². The van der Waals surface area contributed by atoms with E-state index in [0.29, 0.717) is 53.7 Å². The van der Waals surface area contributed by atoms with E-state index in [4.69, 9.17) is 10.00 Å². The molecule has 0 bridgehead atoms. The van der Waals surface area contributed by atoms with Crippen LogP contribution < -0.4 is 5.32 Å². The van der Waals surface area contributed by atoms with Crippen molar-refractivity contribution in [2.45, 2.75) is 90.6 Å². The summed E-state index contributed by atoms with van der Waals surface area (Å²) in [6.45, 7) is 7.89. The molecule has 2 N–H and O–H groups in total. The fraction of sp³-hybridized carbons (Fsp3) is 0.767. The molecule has 0 saturated heterocycles. The zero-order valence-electron chi connectivity index (χ0n) is 22.3. The Bertz CT molecular complexity index is 1010. The maximum atomic E-state index is 13.4. The zero-order valence-corrected chi connectivity index (χ0v) is 22.3.